The molecule has 0 saturated carbocycles. The van der Waals surface area contributed by atoms with Gasteiger partial charge in [-0.2, -0.15) is 0 Å². The van der Waals surface area contributed by atoms with Gasteiger partial charge in [0.15, 0.2) is 5.78 Å². The fourth-order valence-corrected chi connectivity index (χ4v) is 3.13. The lowest BCUT2D eigenvalue weighted by atomic mass is 9.83. The van der Waals surface area contributed by atoms with E-state index in [1.807, 2.05) is 24.3 Å². The van der Waals surface area contributed by atoms with Gasteiger partial charge in [0, 0.05) is 29.1 Å². The summed E-state index contributed by atoms with van der Waals surface area (Å²) in [5.74, 6) is -0.0262. The maximum absolute atomic E-state index is 12.7. The number of hydrogen-bond donors (Lipinski definition) is 1. The van der Waals surface area contributed by atoms with Crippen LogP contribution in [0.1, 0.15) is 15.9 Å². The third-order valence-electron chi connectivity index (χ3n) is 4.14. The van der Waals surface area contributed by atoms with E-state index in [9.17, 15) is 9.59 Å². The first-order chi connectivity index (χ1) is 10.1. The molecular formula is C17H12N2O2. The van der Waals surface area contributed by atoms with Gasteiger partial charge >= 0.3 is 0 Å². The highest BCUT2D eigenvalue weighted by Crippen LogP contribution is 2.40. The standard InChI is InChI=1S/C17H12N2O2/c1-19-12-8-4-7-11-13(12)14(15(18)17(19)21)9-5-2-3-6-10(9)16(11)20/h2-8H,18H2,1H3. The third-order valence-corrected chi connectivity index (χ3v) is 4.14. The van der Waals surface area contributed by atoms with Crippen molar-refractivity contribution in [3.63, 3.8) is 0 Å². The maximum atomic E-state index is 12.7. The highest BCUT2D eigenvalue weighted by molar-refractivity contribution is 6.26. The van der Waals surface area contributed by atoms with Gasteiger partial charge in [-0.05, 0) is 11.6 Å². The SMILES string of the molecule is Cn1c(=O)c(N)c2c3c(cccc31)C(=O)c1ccccc1-2. The van der Waals surface area contributed by atoms with Crippen molar-refractivity contribution in [1.29, 1.82) is 0 Å². The highest BCUT2D eigenvalue weighted by Gasteiger charge is 2.28. The zero-order chi connectivity index (χ0) is 14.7. The monoisotopic (exact) mass is 276 g/mol. The number of fused-ring (bicyclic) bond motifs is 2. The smallest absolute Gasteiger partial charge is 0.274 e. The second-order valence-electron chi connectivity index (χ2n) is 5.23. The minimum Gasteiger partial charge on any atom is -0.394 e. The summed E-state index contributed by atoms with van der Waals surface area (Å²) >= 11 is 0. The van der Waals surface area contributed by atoms with Gasteiger partial charge in [-0.25, -0.2) is 0 Å². The Morgan fingerprint density at radius 1 is 0.905 bits per heavy atom. The lowest BCUT2D eigenvalue weighted by Crippen LogP contribution is -2.24. The number of aryl methyl sites for hydroxylation is 1. The first kappa shape index (κ1) is 11.9. The van der Waals surface area contributed by atoms with E-state index in [1.165, 1.54) is 4.57 Å². The number of benzene rings is 2. The Hall–Kier alpha value is -2.88. The molecule has 1 heterocycles. The number of nitrogens with two attached hydrogens (primary N) is 1. The van der Waals surface area contributed by atoms with Crippen molar-refractivity contribution in [2.24, 2.45) is 7.05 Å². The molecule has 0 aliphatic heterocycles. The van der Waals surface area contributed by atoms with E-state index in [2.05, 4.69) is 0 Å². The molecule has 0 saturated heterocycles. The predicted octanol–water partition coefficient (Wildman–Crippen LogP) is 2.33. The van der Waals surface area contributed by atoms with Crippen LogP contribution < -0.4 is 11.3 Å². The molecule has 0 unspecified atom stereocenters. The second kappa shape index (κ2) is 3.82. The second-order valence-corrected chi connectivity index (χ2v) is 5.23. The predicted molar refractivity (Wildman–Crippen MR) is 82.5 cm³/mol. The van der Waals surface area contributed by atoms with Crippen molar-refractivity contribution in [3.8, 4) is 11.1 Å². The Morgan fingerprint density at radius 2 is 1.57 bits per heavy atom. The molecule has 0 bridgehead atoms. The summed E-state index contributed by atoms with van der Waals surface area (Å²) in [4.78, 5) is 25.0. The van der Waals surface area contributed by atoms with Crippen molar-refractivity contribution in [3.05, 3.63) is 63.9 Å². The summed E-state index contributed by atoms with van der Waals surface area (Å²) < 4.78 is 1.50. The number of pyridine rings is 1. The van der Waals surface area contributed by atoms with Gasteiger partial charge in [-0.3, -0.25) is 9.59 Å². The van der Waals surface area contributed by atoms with Gasteiger partial charge in [0.05, 0.1) is 5.52 Å². The first-order valence-corrected chi connectivity index (χ1v) is 6.66. The number of aromatic nitrogens is 1. The summed E-state index contributed by atoms with van der Waals surface area (Å²) in [6.07, 6.45) is 0. The summed E-state index contributed by atoms with van der Waals surface area (Å²) in [6.45, 7) is 0. The largest absolute Gasteiger partial charge is 0.394 e. The molecule has 4 rings (SSSR count). The molecule has 0 atom stereocenters. The molecule has 1 aliphatic carbocycles. The van der Waals surface area contributed by atoms with Crippen LogP contribution in [0.3, 0.4) is 0 Å². The van der Waals surface area contributed by atoms with Crippen molar-refractivity contribution in [2.45, 2.75) is 0 Å². The van der Waals surface area contributed by atoms with E-state index < -0.39 is 0 Å². The molecule has 21 heavy (non-hydrogen) atoms. The topological polar surface area (TPSA) is 65.1 Å². The number of carbonyl (C=O) groups is 1. The average Bonchev–Trinajstić information content (AvgIpc) is 2.52. The lowest BCUT2D eigenvalue weighted by Gasteiger charge is -2.22. The van der Waals surface area contributed by atoms with Crippen molar-refractivity contribution in [2.75, 3.05) is 5.73 Å². The van der Waals surface area contributed by atoms with E-state index in [0.717, 1.165) is 16.5 Å². The van der Waals surface area contributed by atoms with Crippen LogP contribution in [-0.4, -0.2) is 10.4 Å². The van der Waals surface area contributed by atoms with Crippen LogP contribution in [0, 0.1) is 0 Å². The fourth-order valence-electron chi connectivity index (χ4n) is 3.13. The zero-order valence-electron chi connectivity index (χ0n) is 11.4. The normalized spacial score (nSPS) is 12.5. The number of hydrogen-bond acceptors (Lipinski definition) is 3. The molecular weight excluding hydrogens is 264 g/mol. The number of anilines is 1. The van der Waals surface area contributed by atoms with Crippen LogP contribution in [0.2, 0.25) is 0 Å². The molecule has 102 valence electrons. The van der Waals surface area contributed by atoms with Crippen LogP contribution in [0.15, 0.2) is 47.3 Å². The first-order valence-electron chi connectivity index (χ1n) is 6.66. The highest BCUT2D eigenvalue weighted by atomic mass is 16.1. The number of nitrogen functional groups attached to an aromatic ring is 1. The molecule has 4 nitrogen and oxygen atoms in total. The van der Waals surface area contributed by atoms with Gasteiger partial charge in [-0.1, -0.05) is 36.4 Å². The molecule has 0 fully saturated rings. The number of ketones is 1. The van der Waals surface area contributed by atoms with Gasteiger partial charge in [0.25, 0.3) is 5.56 Å². The number of rotatable bonds is 0. The third kappa shape index (κ3) is 1.34. The molecule has 2 aromatic carbocycles. The minimum atomic E-state index is -0.237. The Balaban J connectivity index is 2.38. The zero-order valence-corrected chi connectivity index (χ0v) is 11.4. The number of nitrogens with zero attached hydrogens (tertiary/aromatic N) is 1. The molecule has 2 N–H and O–H groups in total. The lowest BCUT2D eigenvalue weighted by molar-refractivity contribution is 0.104. The van der Waals surface area contributed by atoms with Crippen LogP contribution in [0.4, 0.5) is 5.69 Å². The van der Waals surface area contributed by atoms with Gasteiger partial charge in [-0.15, -0.1) is 0 Å². The Labute approximate surface area is 120 Å². The van der Waals surface area contributed by atoms with Gasteiger partial charge in [0.1, 0.15) is 5.69 Å². The van der Waals surface area contributed by atoms with Crippen molar-refractivity contribution in [1.82, 2.24) is 4.57 Å². The fraction of sp³-hybridized carbons (Fsp3) is 0.0588. The van der Waals surface area contributed by atoms with E-state index >= 15 is 0 Å². The van der Waals surface area contributed by atoms with Crippen LogP contribution >= 0.6 is 0 Å². The van der Waals surface area contributed by atoms with Gasteiger partial charge in [0.2, 0.25) is 0 Å². The average molecular weight is 276 g/mol. The molecule has 1 aromatic heterocycles. The Kier molecular flexibility index (Phi) is 2.17. The molecule has 3 aromatic rings. The molecule has 4 heteroatoms. The van der Waals surface area contributed by atoms with E-state index in [0.29, 0.717) is 16.7 Å². The minimum absolute atomic E-state index is 0.0262. The summed E-state index contributed by atoms with van der Waals surface area (Å²) in [7, 11) is 1.67. The van der Waals surface area contributed by atoms with E-state index in [1.54, 1.807) is 25.2 Å². The quantitative estimate of drug-likeness (QED) is 0.536. The maximum Gasteiger partial charge on any atom is 0.274 e. The van der Waals surface area contributed by atoms with E-state index in [-0.39, 0.29) is 17.0 Å². The molecule has 0 amide bonds. The summed E-state index contributed by atoms with van der Waals surface area (Å²) in [5.41, 5.74) is 9.37. The molecule has 0 spiro atoms. The molecule has 1 aliphatic rings. The van der Waals surface area contributed by atoms with Crippen molar-refractivity contribution < 1.29 is 4.79 Å². The Morgan fingerprint density at radius 3 is 2.33 bits per heavy atom. The number of carbonyl (C=O) groups excluding carboxylic acids is 1. The van der Waals surface area contributed by atoms with Crippen LogP contribution in [-0.2, 0) is 7.05 Å². The van der Waals surface area contributed by atoms with Crippen LogP contribution in [0.25, 0.3) is 22.0 Å². The molecule has 0 radical (unpaired) electrons. The van der Waals surface area contributed by atoms with Crippen molar-refractivity contribution >= 4 is 22.4 Å². The summed E-state index contributed by atoms with van der Waals surface area (Å²) in [5, 5.41) is 0.765. The van der Waals surface area contributed by atoms with Crippen LogP contribution in [0.5, 0.6) is 0 Å². The van der Waals surface area contributed by atoms with E-state index in [4.69, 9.17) is 5.73 Å². The summed E-state index contributed by atoms with van der Waals surface area (Å²) in [6, 6.07) is 12.7. The van der Waals surface area contributed by atoms with Gasteiger partial charge < -0.3 is 10.3 Å². The Bertz CT molecular complexity index is 1000.